The average molecular weight is 288 g/mol. The van der Waals surface area contributed by atoms with E-state index in [2.05, 4.69) is 5.32 Å². The number of benzene rings is 1. The molecule has 114 valence electrons. The largest absolute Gasteiger partial charge is 0.359 e. The number of carbonyl (C=O) groups is 2. The smallest absolute Gasteiger partial charge is 0.224 e. The van der Waals surface area contributed by atoms with E-state index in [1.54, 1.807) is 7.05 Å². The molecule has 1 aliphatic carbocycles. The molecule has 0 aliphatic heterocycles. The number of nitrogens with two attached hydrogens (primary N) is 1. The SMILES string of the molecule is CNC(=O)Cc1ccc(C(=O)C2CCC(CN)CC2)cc1. The summed E-state index contributed by atoms with van der Waals surface area (Å²) < 4.78 is 0. The van der Waals surface area contributed by atoms with E-state index in [1.807, 2.05) is 24.3 Å². The molecule has 4 heteroatoms. The normalized spacial score (nSPS) is 21.8. The molecule has 0 heterocycles. The minimum atomic E-state index is -0.0193. The molecule has 0 radical (unpaired) electrons. The zero-order valence-electron chi connectivity index (χ0n) is 12.6. The Labute approximate surface area is 126 Å². The van der Waals surface area contributed by atoms with Crippen LogP contribution in [0.15, 0.2) is 24.3 Å². The highest BCUT2D eigenvalue weighted by Gasteiger charge is 2.26. The fraction of sp³-hybridized carbons (Fsp3) is 0.529. The van der Waals surface area contributed by atoms with E-state index in [0.29, 0.717) is 12.3 Å². The summed E-state index contributed by atoms with van der Waals surface area (Å²) in [6.07, 6.45) is 4.36. The Kier molecular flexibility index (Phi) is 5.51. The van der Waals surface area contributed by atoms with Gasteiger partial charge < -0.3 is 11.1 Å². The van der Waals surface area contributed by atoms with E-state index in [9.17, 15) is 9.59 Å². The van der Waals surface area contributed by atoms with Gasteiger partial charge in [0.1, 0.15) is 0 Å². The zero-order chi connectivity index (χ0) is 15.2. The quantitative estimate of drug-likeness (QED) is 0.813. The molecule has 4 nitrogen and oxygen atoms in total. The summed E-state index contributed by atoms with van der Waals surface area (Å²) in [6, 6.07) is 7.42. The van der Waals surface area contributed by atoms with Crippen molar-refractivity contribution in [3.8, 4) is 0 Å². The molecule has 2 rings (SSSR count). The predicted molar refractivity (Wildman–Crippen MR) is 83.0 cm³/mol. The van der Waals surface area contributed by atoms with Gasteiger partial charge in [-0.25, -0.2) is 0 Å². The Balaban J connectivity index is 1.95. The van der Waals surface area contributed by atoms with Gasteiger partial charge in [0.25, 0.3) is 0 Å². The first-order valence-electron chi connectivity index (χ1n) is 7.67. The van der Waals surface area contributed by atoms with E-state index in [0.717, 1.165) is 43.4 Å². The van der Waals surface area contributed by atoms with Crippen molar-refractivity contribution in [1.29, 1.82) is 0 Å². The predicted octanol–water partition coefficient (Wildman–Crippen LogP) is 1.92. The van der Waals surface area contributed by atoms with Crippen molar-refractivity contribution >= 4 is 11.7 Å². The standard InChI is InChI=1S/C17H24N2O2/c1-19-16(20)10-12-2-6-14(7-3-12)17(21)15-8-4-13(11-18)5-9-15/h2-3,6-7,13,15H,4-5,8-11,18H2,1H3,(H,19,20). The van der Waals surface area contributed by atoms with E-state index in [1.165, 1.54) is 0 Å². The van der Waals surface area contributed by atoms with Crippen LogP contribution in [0.2, 0.25) is 0 Å². The molecule has 0 atom stereocenters. The van der Waals surface area contributed by atoms with Crippen LogP contribution in [0.3, 0.4) is 0 Å². The first-order chi connectivity index (χ1) is 10.1. The molecule has 0 spiro atoms. The fourth-order valence-electron chi connectivity index (χ4n) is 2.96. The summed E-state index contributed by atoms with van der Waals surface area (Å²) in [7, 11) is 1.62. The van der Waals surface area contributed by atoms with Gasteiger partial charge >= 0.3 is 0 Å². The summed E-state index contributed by atoms with van der Waals surface area (Å²) in [4.78, 5) is 23.8. The summed E-state index contributed by atoms with van der Waals surface area (Å²) in [6.45, 7) is 0.731. The van der Waals surface area contributed by atoms with Crippen LogP contribution in [0.1, 0.15) is 41.6 Å². The van der Waals surface area contributed by atoms with Gasteiger partial charge in [-0.05, 0) is 43.7 Å². The number of amides is 1. The van der Waals surface area contributed by atoms with Gasteiger partial charge in [0.05, 0.1) is 6.42 Å². The number of carbonyl (C=O) groups excluding carboxylic acids is 2. The highest BCUT2D eigenvalue weighted by molar-refractivity contribution is 5.98. The fourth-order valence-corrected chi connectivity index (χ4v) is 2.96. The molecule has 0 unspecified atom stereocenters. The minimum absolute atomic E-state index is 0.0193. The van der Waals surface area contributed by atoms with E-state index >= 15 is 0 Å². The molecule has 0 bridgehead atoms. The van der Waals surface area contributed by atoms with Crippen LogP contribution in [-0.2, 0) is 11.2 Å². The number of rotatable bonds is 5. The second-order valence-electron chi connectivity index (χ2n) is 5.86. The van der Waals surface area contributed by atoms with Gasteiger partial charge in [-0.15, -0.1) is 0 Å². The van der Waals surface area contributed by atoms with Crippen LogP contribution in [0, 0.1) is 11.8 Å². The van der Waals surface area contributed by atoms with Crippen molar-refractivity contribution in [3.63, 3.8) is 0 Å². The molecule has 1 aromatic rings. The second kappa shape index (κ2) is 7.36. The minimum Gasteiger partial charge on any atom is -0.359 e. The zero-order valence-corrected chi connectivity index (χ0v) is 12.6. The number of ketones is 1. The van der Waals surface area contributed by atoms with Gasteiger partial charge in [-0.1, -0.05) is 24.3 Å². The summed E-state index contributed by atoms with van der Waals surface area (Å²) in [5.41, 5.74) is 7.37. The Morgan fingerprint density at radius 3 is 2.29 bits per heavy atom. The molecular weight excluding hydrogens is 264 g/mol. The van der Waals surface area contributed by atoms with Crippen LogP contribution in [0.5, 0.6) is 0 Å². The van der Waals surface area contributed by atoms with Crippen molar-refractivity contribution < 1.29 is 9.59 Å². The number of nitrogens with one attached hydrogen (secondary N) is 1. The Morgan fingerprint density at radius 1 is 1.14 bits per heavy atom. The molecule has 0 saturated heterocycles. The van der Waals surface area contributed by atoms with Crippen molar-refractivity contribution in [2.24, 2.45) is 17.6 Å². The van der Waals surface area contributed by atoms with E-state index < -0.39 is 0 Å². The number of hydrogen-bond acceptors (Lipinski definition) is 3. The summed E-state index contributed by atoms with van der Waals surface area (Å²) in [5, 5.41) is 2.60. The Bertz CT molecular complexity index is 488. The number of Topliss-reactive ketones (excluding diaryl/α,β-unsaturated/α-hetero) is 1. The Hall–Kier alpha value is -1.68. The third-order valence-corrected chi connectivity index (χ3v) is 4.43. The molecular formula is C17H24N2O2. The molecule has 1 fully saturated rings. The third-order valence-electron chi connectivity index (χ3n) is 4.43. The number of likely N-dealkylation sites (N-methyl/N-ethyl adjacent to an activating group) is 1. The lowest BCUT2D eigenvalue weighted by atomic mass is 9.78. The summed E-state index contributed by atoms with van der Waals surface area (Å²) in [5.74, 6) is 0.938. The second-order valence-corrected chi connectivity index (χ2v) is 5.86. The molecule has 3 N–H and O–H groups in total. The van der Waals surface area contributed by atoms with Gasteiger partial charge in [0.2, 0.25) is 5.91 Å². The first kappa shape index (κ1) is 15.7. The van der Waals surface area contributed by atoms with Crippen LogP contribution >= 0.6 is 0 Å². The lowest BCUT2D eigenvalue weighted by molar-refractivity contribution is -0.119. The highest BCUT2D eigenvalue weighted by atomic mass is 16.1. The molecule has 0 aromatic heterocycles. The first-order valence-corrected chi connectivity index (χ1v) is 7.67. The van der Waals surface area contributed by atoms with Crippen molar-refractivity contribution in [1.82, 2.24) is 5.32 Å². The highest BCUT2D eigenvalue weighted by Crippen LogP contribution is 2.30. The van der Waals surface area contributed by atoms with Gasteiger partial charge in [0, 0.05) is 18.5 Å². The van der Waals surface area contributed by atoms with Crippen LogP contribution in [0.4, 0.5) is 0 Å². The molecule has 1 aliphatic rings. The lowest BCUT2D eigenvalue weighted by Crippen LogP contribution is -2.25. The van der Waals surface area contributed by atoms with Gasteiger partial charge in [0.15, 0.2) is 5.78 Å². The monoisotopic (exact) mass is 288 g/mol. The van der Waals surface area contributed by atoms with Gasteiger partial charge in [-0.3, -0.25) is 9.59 Å². The molecule has 1 aromatic carbocycles. The van der Waals surface area contributed by atoms with Crippen molar-refractivity contribution in [2.45, 2.75) is 32.1 Å². The average Bonchev–Trinajstić information content (AvgIpc) is 2.55. The topological polar surface area (TPSA) is 72.2 Å². The maximum atomic E-state index is 12.5. The van der Waals surface area contributed by atoms with Crippen molar-refractivity contribution in [2.75, 3.05) is 13.6 Å². The lowest BCUT2D eigenvalue weighted by Gasteiger charge is -2.26. The van der Waals surface area contributed by atoms with Crippen molar-refractivity contribution in [3.05, 3.63) is 35.4 Å². The molecule has 1 amide bonds. The van der Waals surface area contributed by atoms with E-state index in [4.69, 9.17) is 5.73 Å². The maximum absolute atomic E-state index is 12.5. The van der Waals surface area contributed by atoms with Crippen LogP contribution in [-0.4, -0.2) is 25.3 Å². The van der Waals surface area contributed by atoms with E-state index in [-0.39, 0.29) is 17.6 Å². The maximum Gasteiger partial charge on any atom is 0.224 e. The summed E-state index contributed by atoms with van der Waals surface area (Å²) >= 11 is 0. The van der Waals surface area contributed by atoms with Gasteiger partial charge in [-0.2, -0.15) is 0 Å². The molecule has 1 saturated carbocycles. The van der Waals surface area contributed by atoms with Crippen LogP contribution < -0.4 is 11.1 Å². The Morgan fingerprint density at radius 2 is 1.76 bits per heavy atom. The van der Waals surface area contributed by atoms with Crippen LogP contribution in [0.25, 0.3) is 0 Å². The molecule has 21 heavy (non-hydrogen) atoms. The third kappa shape index (κ3) is 4.14. The number of hydrogen-bond donors (Lipinski definition) is 2.